The molecule has 26 heavy (non-hydrogen) atoms. The fourth-order valence-electron chi connectivity index (χ4n) is 2.64. The van der Waals surface area contributed by atoms with Crippen molar-refractivity contribution < 1.29 is 9.53 Å². The predicted octanol–water partition coefficient (Wildman–Crippen LogP) is 4.31. The number of carbonyl (C=O) groups excluding carboxylic acids is 1. The molecule has 0 bridgehead atoms. The molecule has 0 aliphatic heterocycles. The summed E-state index contributed by atoms with van der Waals surface area (Å²) >= 11 is 6.18. The number of amides is 1. The summed E-state index contributed by atoms with van der Waals surface area (Å²) in [5, 5.41) is 11.5. The molecule has 1 aromatic heterocycles. The maximum absolute atomic E-state index is 12.8. The Morgan fingerprint density at radius 1 is 1.19 bits per heavy atom. The minimum absolute atomic E-state index is 0.0479. The fraction of sp³-hybridized carbons (Fsp3) is 0.211. The van der Waals surface area contributed by atoms with E-state index in [2.05, 4.69) is 15.6 Å². The fourth-order valence-corrected chi connectivity index (χ4v) is 2.80. The topological polar surface area (TPSA) is 69.0 Å². The van der Waals surface area contributed by atoms with Crippen LogP contribution in [0.25, 0.3) is 5.69 Å². The second-order valence-electron chi connectivity index (χ2n) is 6.03. The summed E-state index contributed by atoms with van der Waals surface area (Å²) in [6.45, 7) is 3.99. The molecule has 0 saturated heterocycles. The van der Waals surface area contributed by atoms with Crippen LogP contribution < -0.4 is 10.1 Å². The maximum atomic E-state index is 12.8. The van der Waals surface area contributed by atoms with Crippen LogP contribution >= 0.6 is 11.6 Å². The molecule has 0 unspecified atom stereocenters. The molecule has 0 fully saturated rings. The van der Waals surface area contributed by atoms with Crippen molar-refractivity contribution >= 4 is 23.2 Å². The van der Waals surface area contributed by atoms with Crippen LogP contribution in [0.2, 0.25) is 5.02 Å². The largest absolute Gasteiger partial charge is 0.497 e. The lowest BCUT2D eigenvalue weighted by molar-refractivity contribution is 0.102. The normalized spacial score (nSPS) is 10.8. The second kappa shape index (κ2) is 7.58. The van der Waals surface area contributed by atoms with E-state index in [4.69, 9.17) is 16.3 Å². The number of hydrogen-bond acceptors (Lipinski definition) is 4. The predicted molar refractivity (Wildman–Crippen MR) is 101 cm³/mol. The van der Waals surface area contributed by atoms with Gasteiger partial charge in [0.15, 0.2) is 5.69 Å². The van der Waals surface area contributed by atoms with Crippen LogP contribution in [0.5, 0.6) is 5.75 Å². The van der Waals surface area contributed by atoms with Gasteiger partial charge in [0.1, 0.15) is 5.75 Å². The van der Waals surface area contributed by atoms with Gasteiger partial charge in [-0.05, 0) is 30.2 Å². The van der Waals surface area contributed by atoms with Gasteiger partial charge in [-0.15, -0.1) is 5.10 Å². The van der Waals surface area contributed by atoms with E-state index < -0.39 is 0 Å². The Morgan fingerprint density at radius 2 is 1.92 bits per heavy atom. The average Bonchev–Trinajstić information content (AvgIpc) is 3.10. The molecular weight excluding hydrogens is 352 g/mol. The Balaban J connectivity index is 1.97. The van der Waals surface area contributed by atoms with Gasteiger partial charge in [0, 0.05) is 6.07 Å². The van der Waals surface area contributed by atoms with E-state index in [0.29, 0.717) is 16.5 Å². The van der Waals surface area contributed by atoms with Gasteiger partial charge in [0.25, 0.3) is 5.91 Å². The zero-order chi connectivity index (χ0) is 18.7. The molecule has 7 heteroatoms. The SMILES string of the molecule is COc1ccc(Cl)c(NC(=O)c2nnn(-c3ccccc3)c2C(C)C)c1. The van der Waals surface area contributed by atoms with Crippen LogP contribution in [0.1, 0.15) is 35.9 Å². The third-order valence-electron chi connectivity index (χ3n) is 3.89. The van der Waals surface area contributed by atoms with Gasteiger partial charge in [-0.25, -0.2) is 4.68 Å². The first kappa shape index (κ1) is 17.9. The van der Waals surface area contributed by atoms with Crippen molar-refractivity contribution in [1.82, 2.24) is 15.0 Å². The Hall–Kier alpha value is -2.86. The highest BCUT2D eigenvalue weighted by Gasteiger charge is 2.23. The third kappa shape index (κ3) is 3.55. The quantitative estimate of drug-likeness (QED) is 0.726. The van der Waals surface area contributed by atoms with Crippen molar-refractivity contribution in [2.24, 2.45) is 0 Å². The van der Waals surface area contributed by atoms with Crippen molar-refractivity contribution in [2.45, 2.75) is 19.8 Å². The lowest BCUT2D eigenvalue weighted by Crippen LogP contribution is -2.16. The number of halogens is 1. The molecule has 0 radical (unpaired) electrons. The van der Waals surface area contributed by atoms with E-state index in [1.165, 1.54) is 0 Å². The van der Waals surface area contributed by atoms with Crippen LogP contribution in [-0.2, 0) is 0 Å². The van der Waals surface area contributed by atoms with E-state index in [1.807, 2.05) is 44.2 Å². The smallest absolute Gasteiger partial charge is 0.278 e. The number of carbonyl (C=O) groups is 1. The number of aromatic nitrogens is 3. The molecule has 0 spiro atoms. The summed E-state index contributed by atoms with van der Waals surface area (Å²) in [6, 6.07) is 14.6. The van der Waals surface area contributed by atoms with Gasteiger partial charge in [-0.2, -0.15) is 0 Å². The molecule has 3 aromatic rings. The molecule has 134 valence electrons. The molecule has 1 amide bonds. The summed E-state index contributed by atoms with van der Waals surface area (Å²) in [5.74, 6) is 0.277. The number of para-hydroxylation sites is 1. The standard InChI is InChI=1S/C19H19ClN4O2/c1-12(2)18-17(22-23-24(18)13-7-5-4-6-8-13)19(25)21-16-11-14(26-3)9-10-15(16)20/h4-12H,1-3H3,(H,21,25). The first-order valence-electron chi connectivity index (χ1n) is 8.17. The first-order valence-corrected chi connectivity index (χ1v) is 8.55. The van der Waals surface area contributed by atoms with Gasteiger partial charge >= 0.3 is 0 Å². The number of anilines is 1. The Bertz CT molecular complexity index is 923. The monoisotopic (exact) mass is 370 g/mol. The number of ether oxygens (including phenoxy) is 1. The van der Waals surface area contributed by atoms with Gasteiger partial charge in [-0.3, -0.25) is 4.79 Å². The molecule has 0 saturated carbocycles. The number of rotatable bonds is 5. The molecule has 1 heterocycles. The summed E-state index contributed by atoms with van der Waals surface area (Å²) in [4.78, 5) is 12.8. The number of methoxy groups -OCH3 is 1. The molecule has 0 atom stereocenters. The number of nitrogens with zero attached hydrogens (tertiary/aromatic N) is 3. The van der Waals surface area contributed by atoms with Crippen molar-refractivity contribution in [3.63, 3.8) is 0 Å². The average molecular weight is 371 g/mol. The molecule has 2 aromatic carbocycles. The van der Waals surface area contributed by atoms with Gasteiger partial charge in [0.2, 0.25) is 0 Å². The van der Waals surface area contributed by atoms with Crippen LogP contribution in [-0.4, -0.2) is 28.0 Å². The molecule has 0 aliphatic rings. The van der Waals surface area contributed by atoms with E-state index in [-0.39, 0.29) is 17.5 Å². The Morgan fingerprint density at radius 3 is 2.58 bits per heavy atom. The Kier molecular flexibility index (Phi) is 5.23. The summed E-state index contributed by atoms with van der Waals surface area (Å²) in [5.41, 5.74) is 2.30. The molecule has 0 aliphatic carbocycles. The molecular formula is C19H19ClN4O2. The minimum Gasteiger partial charge on any atom is -0.497 e. The molecule has 1 N–H and O–H groups in total. The van der Waals surface area contributed by atoms with E-state index >= 15 is 0 Å². The minimum atomic E-state index is -0.369. The summed E-state index contributed by atoms with van der Waals surface area (Å²) < 4.78 is 6.87. The van der Waals surface area contributed by atoms with Gasteiger partial charge < -0.3 is 10.1 Å². The van der Waals surface area contributed by atoms with Gasteiger partial charge in [0.05, 0.1) is 29.2 Å². The van der Waals surface area contributed by atoms with Crippen LogP contribution in [0.3, 0.4) is 0 Å². The van der Waals surface area contributed by atoms with E-state index in [9.17, 15) is 4.79 Å². The van der Waals surface area contributed by atoms with Crippen molar-refractivity contribution in [3.05, 3.63) is 64.9 Å². The van der Waals surface area contributed by atoms with Crippen molar-refractivity contribution in [1.29, 1.82) is 0 Å². The van der Waals surface area contributed by atoms with Crippen molar-refractivity contribution in [3.8, 4) is 11.4 Å². The third-order valence-corrected chi connectivity index (χ3v) is 4.22. The second-order valence-corrected chi connectivity index (χ2v) is 6.43. The zero-order valence-corrected chi connectivity index (χ0v) is 15.5. The highest BCUT2D eigenvalue weighted by molar-refractivity contribution is 6.34. The maximum Gasteiger partial charge on any atom is 0.278 e. The lowest BCUT2D eigenvalue weighted by atomic mass is 10.1. The molecule has 6 nitrogen and oxygen atoms in total. The van der Waals surface area contributed by atoms with Gasteiger partial charge in [-0.1, -0.05) is 48.9 Å². The lowest BCUT2D eigenvalue weighted by Gasteiger charge is -2.12. The highest BCUT2D eigenvalue weighted by atomic mass is 35.5. The summed E-state index contributed by atoms with van der Waals surface area (Å²) in [6.07, 6.45) is 0. The number of benzene rings is 2. The molecule has 3 rings (SSSR count). The van der Waals surface area contributed by atoms with E-state index in [0.717, 1.165) is 11.4 Å². The summed E-state index contributed by atoms with van der Waals surface area (Å²) in [7, 11) is 1.55. The van der Waals surface area contributed by atoms with Crippen LogP contribution in [0.4, 0.5) is 5.69 Å². The number of nitrogens with one attached hydrogen (secondary N) is 1. The number of hydrogen-bond donors (Lipinski definition) is 1. The van der Waals surface area contributed by atoms with Crippen LogP contribution in [0, 0.1) is 0 Å². The first-order chi connectivity index (χ1) is 12.5. The van der Waals surface area contributed by atoms with Crippen molar-refractivity contribution in [2.75, 3.05) is 12.4 Å². The van der Waals surface area contributed by atoms with E-state index in [1.54, 1.807) is 30.0 Å². The zero-order valence-electron chi connectivity index (χ0n) is 14.7. The Labute approximate surface area is 156 Å². The van der Waals surface area contributed by atoms with Crippen LogP contribution in [0.15, 0.2) is 48.5 Å². The highest BCUT2D eigenvalue weighted by Crippen LogP contribution is 2.28.